The minimum absolute atomic E-state index is 0.187. The molecule has 0 radical (unpaired) electrons. The Labute approximate surface area is 171 Å². The second-order valence-corrected chi connectivity index (χ2v) is 7.06. The average Bonchev–Trinajstić information content (AvgIpc) is 2.68. The van der Waals surface area contributed by atoms with Crippen LogP contribution in [0.25, 0.3) is 0 Å². The van der Waals surface area contributed by atoms with Gasteiger partial charge in [0.25, 0.3) is 5.56 Å². The molecule has 1 aromatic rings. The molecule has 1 unspecified atom stereocenters. The van der Waals surface area contributed by atoms with Gasteiger partial charge >= 0.3 is 12.1 Å². The number of carbonyl (C=O) groups is 3. The summed E-state index contributed by atoms with van der Waals surface area (Å²) in [5, 5.41) is 0. The Balaban J connectivity index is 1.98. The number of hydrogen-bond donors (Lipinski definition) is 0. The molecule has 1 saturated heterocycles. The fourth-order valence-corrected chi connectivity index (χ4v) is 3.14. The molecule has 8 nitrogen and oxygen atoms in total. The minimum Gasteiger partial charge on any atom is -0.466 e. The molecule has 0 bridgehead atoms. The number of nitrogens with zero attached hydrogens (tertiary/aromatic N) is 3. The summed E-state index contributed by atoms with van der Waals surface area (Å²) in [5.74, 6) is -1.88. The number of amides is 2. The number of ether oxygens (including phenoxy) is 1. The van der Waals surface area contributed by atoms with Gasteiger partial charge in [-0.2, -0.15) is 13.2 Å². The predicted octanol–water partition coefficient (Wildman–Crippen LogP) is 1.13. The van der Waals surface area contributed by atoms with Crippen molar-refractivity contribution in [3.63, 3.8) is 0 Å². The van der Waals surface area contributed by atoms with E-state index in [4.69, 9.17) is 4.74 Å². The molecule has 1 aromatic heterocycles. The van der Waals surface area contributed by atoms with Crippen molar-refractivity contribution < 1.29 is 32.3 Å². The van der Waals surface area contributed by atoms with Crippen molar-refractivity contribution in [3.8, 4) is 0 Å². The number of pyridine rings is 1. The summed E-state index contributed by atoms with van der Waals surface area (Å²) in [4.78, 5) is 51.0. The van der Waals surface area contributed by atoms with Crippen LogP contribution in [-0.4, -0.2) is 65.4 Å². The molecule has 0 aromatic carbocycles. The lowest BCUT2D eigenvalue weighted by molar-refractivity contribution is -0.152. The molecule has 1 aliphatic heterocycles. The van der Waals surface area contributed by atoms with Gasteiger partial charge in [0, 0.05) is 32.4 Å². The highest BCUT2D eigenvalue weighted by Gasteiger charge is 2.32. The van der Waals surface area contributed by atoms with Crippen molar-refractivity contribution in [1.29, 1.82) is 0 Å². The smallest absolute Gasteiger partial charge is 0.417 e. The van der Waals surface area contributed by atoms with Crippen molar-refractivity contribution in [3.05, 3.63) is 34.2 Å². The molecule has 166 valence electrons. The highest BCUT2D eigenvalue weighted by atomic mass is 19.4. The topological polar surface area (TPSA) is 88.9 Å². The molecule has 0 aliphatic carbocycles. The predicted molar refractivity (Wildman–Crippen MR) is 99.3 cm³/mol. The maximum atomic E-state index is 12.8. The van der Waals surface area contributed by atoms with Crippen LogP contribution in [-0.2, 0) is 31.8 Å². The first-order chi connectivity index (χ1) is 14.0. The fourth-order valence-electron chi connectivity index (χ4n) is 3.14. The fraction of sp³-hybridized carbons (Fsp3) is 0.579. The third-order valence-corrected chi connectivity index (χ3v) is 4.81. The van der Waals surface area contributed by atoms with Gasteiger partial charge in [-0.15, -0.1) is 0 Å². The van der Waals surface area contributed by atoms with E-state index < -0.39 is 41.6 Å². The quantitative estimate of drug-likeness (QED) is 0.630. The highest BCUT2D eigenvalue weighted by Crippen LogP contribution is 2.28. The number of hydrogen-bond acceptors (Lipinski definition) is 5. The van der Waals surface area contributed by atoms with Crippen LogP contribution in [0.4, 0.5) is 13.2 Å². The van der Waals surface area contributed by atoms with Gasteiger partial charge in [-0.05, 0) is 25.8 Å². The standard InChI is InChI=1S/C19H24F3N3O5/c1-3-30-18(29)13-5-4-8-24(9-13)17(28)11-23(2)16(27)12-25-10-14(19(20,21)22)6-7-15(25)26/h6-7,10,13H,3-5,8-9,11-12H2,1-2H3. The first-order valence-corrected chi connectivity index (χ1v) is 9.49. The number of alkyl halides is 3. The number of rotatable bonds is 6. The SMILES string of the molecule is CCOC(=O)C1CCCN(C(=O)CN(C)C(=O)Cn2cc(C(F)(F)F)ccc2=O)C1. The summed E-state index contributed by atoms with van der Waals surface area (Å²) in [5.41, 5.74) is -1.81. The maximum Gasteiger partial charge on any atom is 0.417 e. The van der Waals surface area contributed by atoms with Crippen LogP contribution in [0.5, 0.6) is 0 Å². The van der Waals surface area contributed by atoms with Gasteiger partial charge in [0.15, 0.2) is 0 Å². The molecule has 2 amide bonds. The monoisotopic (exact) mass is 431 g/mol. The number of likely N-dealkylation sites (N-methyl/N-ethyl adjacent to an activating group) is 1. The summed E-state index contributed by atoms with van der Waals surface area (Å²) >= 11 is 0. The number of esters is 1. The second-order valence-electron chi connectivity index (χ2n) is 7.06. The van der Waals surface area contributed by atoms with Crippen molar-refractivity contribution in [2.45, 2.75) is 32.5 Å². The zero-order valence-electron chi connectivity index (χ0n) is 16.8. The summed E-state index contributed by atoms with van der Waals surface area (Å²) in [6, 6.07) is 1.39. The second kappa shape index (κ2) is 9.77. The van der Waals surface area contributed by atoms with E-state index in [1.807, 2.05) is 0 Å². The Morgan fingerprint density at radius 2 is 1.97 bits per heavy atom. The summed E-state index contributed by atoms with van der Waals surface area (Å²) in [6.07, 6.45) is -2.85. The number of piperidine rings is 1. The molecule has 1 aliphatic rings. The number of halogens is 3. The zero-order chi connectivity index (χ0) is 22.5. The van der Waals surface area contributed by atoms with E-state index >= 15 is 0 Å². The van der Waals surface area contributed by atoms with Gasteiger partial charge in [-0.1, -0.05) is 0 Å². The van der Waals surface area contributed by atoms with Crippen LogP contribution >= 0.6 is 0 Å². The molecule has 2 heterocycles. The average molecular weight is 431 g/mol. The molecule has 0 saturated carbocycles. The van der Waals surface area contributed by atoms with E-state index in [9.17, 15) is 32.3 Å². The van der Waals surface area contributed by atoms with Gasteiger partial charge < -0.3 is 19.1 Å². The Hall–Kier alpha value is -2.85. The molecule has 30 heavy (non-hydrogen) atoms. The third-order valence-electron chi connectivity index (χ3n) is 4.81. The summed E-state index contributed by atoms with van der Waals surface area (Å²) in [6.45, 7) is 1.62. The largest absolute Gasteiger partial charge is 0.466 e. The van der Waals surface area contributed by atoms with Crippen molar-refractivity contribution in [2.24, 2.45) is 5.92 Å². The van der Waals surface area contributed by atoms with Crippen LogP contribution in [0.2, 0.25) is 0 Å². The van der Waals surface area contributed by atoms with Gasteiger partial charge in [-0.25, -0.2) is 0 Å². The Morgan fingerprint density at radius 3 is 2.60 bits per heavy atom. The first kappa shape index (κ1) is 23.4. The molecular weight excluding hydrogens is 407 g/mol. The lowest BCUT2D eigenvalue weighted by Gasteiger charge is -2.32. The van der Waals surface area contributed by atoms with Crippen LogP contribution in [0.3, 0.4) is 0 Å². The Bertz CT molecular complexity index is 853. The normalized spacial score (nSPS) is 16.8. The number of likely N-dealkylation sites (tertiary alicyclic amines) is 1. The molecule has 0 N–H and O–H groups in total. The molecule has 2 rings (SSSR count). The minimum atomic E-state index is -4.65. The van der Waals surface area contributed by atoms with Crippen molar-refractivity contribution in [1.82, 2.24) is 14.4 Å². The summed E-state index contributed by atoms with van der Waals surface area (Å²) in [7, 11) is 1.33. The molecular formula is C19H24F3N3O5. The van der Waals surface area contributed by atoms with E-state index in [0.717, 1.165) is 11.0 Å². The molecule has 1 fully saturated rings. The van der Waals surface area contributed by atoms with Crippen LogP contribution in [0.15, 0.2) is 23.1 Å². The number of carbonyl (C=O) groups excluding carboxylic acids is 3. The highest BCUT2D eigenvalue weighted by molar-refractivity contribution is 5.85. The number of aromatic nitrogens is 1. The maximum absolute atomic E-state index is 12.8. The van der Waals surface area contributed by atoms with E-state index in [0.29, 0.717) is 36.2 Å². The molecule has 11 heteroatoms. The van der Waals surface area contributed by atoms with Crippen LogP contribution < -0.4 is 5.56 Å². The summed E-state index contributed by atoms with van der Waals surface area (Å²) < 4.78 is 44.1. The van der Waals surface area contributed by atoms with Gasteiger partial charge in [0.2, 0.25) is 11.8 Å². The first-order valence-electron chi connectivity index (χ1n) is 9.49. The van der Waals surface area contributed by atoms with E-state index in [2.05, 4.69) is 0 Å². The van der Waals surface area contributed by atoms with Gasteiger partial charge in [0.1, 0.15) is 6.54 Å². The van der Waals surface area contributed by atoms with Crippen LogP contribution in [0.1, 0.15) is 25.3 Å². The van der Waals surface area contributed by atoms with Gasteiger partial charge in [-0.3, -0.25) is 19.2 Å². The van der Waals surface area contributed by atoms with E-state index in [1.165, 1.54) is 11.9 Å². The zero-order valence-corrected chi connectivity index (χ0v) is 16.8. The van der Waals surface area contributed by atoms with Crippen molar-refractivity contribution >= 4 is 17.8 Å². The Morgan fingerprint density at radius 1 is 1.27 bits per heavy atom. The lowest BCUT2D eigenvalue weighted by Crippen LogP contribution is -2.47. The van der Waals surface area contributed by atoms with Crippen molar-refractivity contribution in [2.75, 3.05) is 33.3 Å². The Kier molecular flexibility index (Phi) is 7.63. The van der Waals surface area contributed by atoms with Crippen LogP contribution in [0, 0.1) is 5.92 Å². The van der Waals surface area contributed by atoms with E-state index in [1.54, 1.807) is 6.92 Å². The molecule has 1 atom stereocenters. The lowest BCUT2D eigenvalue weighted by atomic mass is 9.98. The molecule has 0 spiro atoms. The van der Waals surface area contributed by atoms with Gasteiger partial charge in [0.05, 0.1) is 24.6 Å². The van der Waals surface area contributed by atoms with E-state index in [-0.39, 0.29) is 25.7 Å². The third kappa shape index (κ3) is 6.07.